The van der Waals surface area contributed by atoms with Crippen molar-refractivity contribution in [3.63, 3.8) is 0 Å². The summed E-state index contributed by atoms with van der Waals surface area (Å²) in [7, 11) is 0. The number of ether oxygens (including phenoxy) is 1. The van der Waals surface area contributed by atoms with E-state index in [1.807, 2.05) is 0 Å². The van der Waals surface area contributed by atoms with Gasteiger partial charge in [-0.15, -0.1) is 0 Å². The lowest BCUT2D eigenvalue weighted by atomic mass is 10.1. The number of rotatable bonds is 6. The monoisotopic (exact) mass is 266 g/mol. The molecule has 0 spiro atoms. The van der Waals surface area contributed by atoms with E-state index in [0.29, 0.717) is 23.8 Å². The summed E-state index contributed by atoms with van der Waals surface area (Å²) in [4.78, 5) is 11.6. The zero-order chi connectivity index (χ0) is 13.8. The van der Waals surface area contributed by atoms with Gasteiger partial charge in [0.25, 0.3) is 5.91 Å². The summed E-state index contributed by atoms with van der Waals surface area (Å²) < 4.78 is 18.5. The number of halogens is 1. The summed E-state index contributed by atoms with van der Waals surface area (Å²) in [6, 6.07) is 3.90. The van der Waals surface area contributed by atoms with E-state index in [1.54, 1.807) is 13.0 Å². The van der Waals surface area contributed by atoms with Gasteiger partial charge in [-0.3, -0.25) is 4.79 Å². The number of amides is 1. The summed E-state index contributed by atoms with van der Waals surface area (Å²) in [6.45, 7) is 2.37. The molecule has 5 heteroatoms. The second-order valence-electron chi connectivity index (χ2n) is 5.01. The molecule has 1 aliphatic rings. The van der Waals surface area contributed by atoms with Crippen molar-refractivity contribution in [2.75, 3.05) is 13.2 Å². The van der Waals surface area contributed by atoms with Crippen LogP contribution >= 0.6 is 0 Å². The van der Waals surface area contributed by atoms with Crippen molar-refractivity contribution < 1.29 is 13.9 Å². The number of nitrogens with two attached hydrogens (primary N) is 1. The van der Waals surface area contributed by atoms with Crippen molar-refractivity contribution in [3.8, 4) is 5.75 Å². The molecule has 0 aromatic heterocycles. The summed E-state index contributed by atoms with van der Waals surface area (Å²) in [5, 5.41) is 2.79. The average Bonchev–Trinajstić information content (AvgIpc) is 3.17. The van der Waals surface area contributed by atoms with Crippen molar-refractivity contribution in [2.24, 2.45) is 11.7 Å². The molecule has 1 fully saturated rings. The number of carbonyl (C=O) groups is 1. The summed E-state index contributed by atoms with van der Waals surface area (Å²) in [6.07, 6.45) is 2.36. The second kappa shape index (κ2) is 6.02. The Bertz CT molecular complexity index is 459. The maximum Gasteiger partial charge on any atom is 0.257 e. The van der Waals surface area contributed by atoms with E-state index in [-0.39, 0.29) is 18.6 Å². The smallest absolute Gasteiger partial charge is 0.257 e. The molecule has 0 aliphatic heterocycles. The summed E-state index contributed by atoms with van der Waals surface area (Å²) >= 11 is 0. The lowest BCUT2D eigenvalue weighted by Gasteiger charge is -2.14. The van der Waals surface area contributed by atoms with E-state index < -0.39 is 5.82 Å². The number of nitrogens with one attached hydrogen (secondary N) is 1. The molecule has 0 heterocycles. The van der Waals surface area contributed by atoms with Gasteiger partial charge in [0.1, 0.15) is 11.6 Å². The highest BCUT2D eigenvalue weighted by Crippen LogP contribution is 2.27. The van der Waals surface area contributed by atoms with Gasteiger partial charge in [-0.2, -0.15) is 0 Å². The first-order valence-corrected chi connectivity index (χ1v) is 6.51. The van der Waals surface area contributed by atoms with Crippen LogP contribution in [0, 0.1) is 11.7 Å². The predicted octanol–water partition coefficient (Wildman–Crippen LogP) is 1.75. The minimum absolute atomic E-state index is 0.115. The molecule has 1 amide bonds. The molecule has 104 valence electrons. The largest absolute Gasteiger partial charge is 0.483 e. The molecule has 2 rings (SSSR count). The first kappa shape index (κ1) is 13.8. The van der Waals surface area contributed by atoms with Crippen LogP contribution < -0.4 is 15.8 Å². The van der Waals surface area contributed by atoms with Crippen LogP contribution in [0.15, 0.2) is 18.2 Å². The fourth-order valence-corrected chi connectivity index (χ4v) is 1.78. The van der Waals surface area contributed by atoms with Gasteiger partial charge < -0.3 is 15.8 Å². The lowest BCUT2D eigenvalue weighted by molar-refractivity contribution is -0.123. The Balaban J connectivity index is 1.89. The lowest BCUT2D eigenvalue weighted by Crippen LogP contribution is -2.30. The Morgan fingerprint density at radius 1 is 1.58 bits per heavy atom. The zero-order valence-electron chi connectivity index (χ0n) is 11.0. The second-order valence-corrected chi connectivity index (χ2v) is 5.01. The highest BCUT2D eigenvalue weighted by molar-refractivity contribution is 5.77. The molecular formula is C14H19FN2O2. The topological polar surface area (TPSA) is 64.3 Å². The van der Waals surface area contributed by atoms with E-state index in [4.69, 9.17) is 10.5 Å². The van der Waals surface area contributed by atoms with Crippen molar-refractivity contribution in [1.82, 2.24) is 5.32 Å². The fourth-order valence-electron chi connectivity index (χ4n) is 1.78. The van der Waals surface area contributed by atoms with Crippen LogP contribution in [0.25, 0.3) is 0 Å². The molecule has 0 saturated heterocycles. The van der Waals surface area contributed by atoms with Crippen molar-refractivity contribution in [2.45, 2.75) is 25.8 Å². The molecule has 0 unspecified atom stereocenters. The molecule has 3 N–H and O–H groups in total. The van der Waals surface area contributed by atoms with Gasteiger partial charge >= 0.3 is 0 Å². The molecule has 1 atom stereocenters. The van der Waals surface area contributed by atoms with Crippen LogP contribution in [-0.2, 0) is 4.79 Å². The minimum Gasteiger partial charge on any atom is -0.483 e. The standard InChI is InChI=1S/C14H19FN2O2/c1-9(16)12-5-4-11(15)6-13(12)19-8-14(18)17-7-10-2-3-10/h4-6,9-10H,2-3,7-8,16H2,1H3,(H,17,18)/t9-/m1/s1. The van der Waals surface area contributed by atoms with E-state index in [1.165, 1.54) is 25.0 Å². The van der Waals surface area contributed by atoms with Crippen molar-refractivity contribution in [1.29, 1.82) is 0 Å². The minimum atomic E-state index is -0.405. The third kappa shape index (κ3) is 4.21. The normalized spacial score (nSPS) is 15.9. The highest BCUT2D eigenvalue weighted by Gasteiger charge is 2.21. The number of carbonyl (C=O) groups excluding carboxylic acids is 1. The van der Waals surface area contributed by atoms with Gasteiger partial charge in [-0.05, 0) is 31.7 Å². The Labute approximate surface area is 112 Å². The Kier molecular flexibility index (Phi) is 4.37. The number of benzene rings is 1. The van der Waals surface area contributed by atoms with E-state index in [2.05, 4.69) is 5.32 Å². The Morgan fingerprint density at radius 2 is 2.32 bits per heavy atom. The molecular weight excluding hydrogens is 247 g/mol. The number of hydrogen-bond donors (Lipinski definition) is 2. The van der Waals surface area contributed by atoms with E-state index in [9.17, 15) is 9.18 Å². The third-order valence-electron chi connectivity index (χ3n) is 3.11. The average molecular weight is 266 g/mol. The summed E-state index contributed by atoms with van der Waals surface area (Å²) in [5.41, 5.74) is 6.47. The number of hydrogen-bond acceptors (Lipinski definition) is 3. The predicted molar refractivity (Wildman–Crippen MR) is 70.2 cm³/mol. The summed E-state index contributed by atoms with van der Waals surface area (Å²) in [5.74, 6) is 0.360. The van der Waals surface area contributed by atoms with Gasteiger partial charge in [0.15, 0.2) is 6.61 Å². The Morgan fingerprint density at radius 3 is 2.95 bits per heavy atom. The Hall–Kier alpha value is -1.62. The highest BCUT2D eigenvalue weighted by atomic mass is 19.1. The van der Waals surface area contributed by atoms with Crippen LogP contribution in [0.2, 0.25) is 0 Å². The van der Waals surface area contributed by atoms with Crippen LogP contribution in [0.3, 0.4) is 0 Å². The van der Waals surface area contributed by atoms with Gasteiger partial charge in [0.05, 0.1) is 0 Å². The van der Waals surface area contributed by atoms with Crippen LogP contribution in [0.4, 0.5) is 4.39 Å². The van der Waals surface area contributed by atoms with Crippen LogP contribution in [0.1, 0.15) is 31.4 Å². The molecule has 1 aromatic rings. The van der Waals surface area contributed by atoms with Crippen molar-refractivity contribution in [3.05, 3.63) is 29.6 Å². The van der Waals surface area contributed by atoms with Gasteiger partial charge in [0.2, 0.25) is 0 Å². The van der Waals surface area contributed by atoms with E-state index >= 15 is 0 Å². The van der Waals surface area contributed by atoms with Gasteiger partial charge in [0, 0.05) is 24.2 Å². The molecule has 1 saturated carbocycles. The third-order valence-corrected chi connectivity index (χ3v) is 3.11. The quantitative estimate of drug-likeness (QED) is 0.824. The maximum atomic E-state index is 13.2. The maximum absolute atomic E-state index is 13.2. The zero-order valence-corrected chi connectivity index (χ0v) is 11.0. The molecule has 0 bridgehead atoms. The van der Waals surface area contributed by atoms with Crippen LogP contribution in [-0.4, -0.2) is 19.1 Å². The first-order chi connectivity index (χ1) is 9.06. The van der Waals surface area contributed by atoms with E-state index in [0.717, 1.165) is 0 Å². The van der Waals surface area contributed by atoms with Crippen molar-refractivity contribution >= 4 is 5.91 Å². The SMILES string of the molecule is C[C@@H](N)c1ccc(F)cc1OCC(=O)NCC1CC1. The molecule has 4 nitrogen and oxygen atoms in total. The molecule has 1 aromatic carbocycles. The fraction of sp³-hybridized carbons (Fsp3) is 0.500. The molecule has 1 aliphatic carbocycles. The molecule has 19 heavy (non-hydrogen) atoms. The van der Waals surface area contributed by atoms with Crippen LogP contribution in [0.5, 0.6) is 5.75 Å². The first-order valence-electron chi connectivity index (χ1n) is 6.51. The van der Waals surface area contributed by atoms with Gasteiger partial charge in [-0.25, -0.2) is 4.39 Å². The molecule has 0 radical (unpaired) electrons. The van der Waals surface area contributed by atoms with Gasteiger partial charge in [-0.1, -0.05) is 6.07 Å².